The molecule has 0 aromatic rings. The summed E-state index contributed by atoms with van der Waals surface area (Å²) in [6, 6.07) is -0.155. The zero-order valence-electron chi connectivity index (χ0n) is 6.34. The molecule has 0 fully saturated rings. The third-order valence-corrected chi connectivity index (χ3v) is 1.37. The Bertz CT molecular complexity index is 104. The van der Waals surface area contributed by atoms with Gasteiger partial charge in [0.1, 0.15) is 0 Å². The third-order valence-electron chi connectivity index (χ3n) is 1.37. The molecule has 0 radical (unpaired) electrons. The van der Waals surface area contributed by atoms with Gasteiger partial charge < -0.3 is 10.8 Å². The van der Waals surface area contributed by atoms with Crippen molar-refractivity contribution in [3.63, 3.8) is 0 Å². The molecule has 0 saturated heterocycles. The second-order valence-electron chi connectivity index (χ2n) is 2.50. The van der Waals surface area contributed by atoms with Gasteiger partial charge in [-0.1, -0.05) is 19.8 Å². The largest absolute Gasteiger partial charge is 0.481 e. The number of nitrogens with two attached hydrogens (primary N) is 1. The molecule has 3 N–H and O–H groups in total. The summed E-state index contributed by atoms with van der Waals surface area (Å²) in [4.78, 5) is 10.1. The van der Waals surface area contributed by atoms with Crippen LogP contribution in [0.2, 0.25) is 0 Å². The minimum atomic E-state index is -0.802. The normalized spacial score (nSPS) is 13.0. The topological polar surface area (TPSA) is 63.3 Å². The van der Waals surface area contributed by atoms with Crippen molar-refractivity contribution < 1.29 is 9.90 Å². The van der Waals surface area contributed by atoms with E-state index in [0.717, 1.165) is 19.3 Å². The number of aliphatic carboxylic acids is 1. The van der Waals surface area contributed by atoms with Gasteiger partial charge in [0.2, 0.25) is 0 Å². The van der Waals surface area contributed by atoms with Crippen LogP contribution in [0.15, 0.2) is 0 Å². The molecule has 10 heavy (non-hydrogen) atoms. The van der Waals surface area contributed by atoms with Crippen LogP contribution < -0.4 is 5.73 Å². The standard InChI is InChI=1S/C7H15NO2/c1-2-3-4-6(8)5-7(9)10/h6H,2-5,8H2,1H3,(H,9,10). The number of carboxylic acids is 1. The third kappa shape index (κ3) is 5.56. The molecule has 0 heterocycles. The van der Waals surface area contributed by atoms with Crippen molar-refractivity contribution in [2.45, 2.75) is 38.6 Å². The lowest BCUT2D eigenvalue weighted by molar-refractivity contribution is -0.137. The van der Waals surface area contributed by atoms with Crippen LogP contribution >= 0.6 is 0 Å². The van der Waals surface area contributed by atoms with E-state index in [1.54, 1.807) is 0 Å². The predicted octanol–water partition coefficient (Wildman–Crippen LogP) is 0.979. The van der Waals surface area contributed by atoms with Crippen LogP contribution in [0, 0.1) is 0 Å². The average molecular weight is 145 g/mol. The van der Waals surface area contributed by atoms with Crippen LogP contribution in [0.1, 0.15) is 32.6 Å². The summed E-state index contributed by atoms with van der Waals surface area (Å²) in [6.07, 6.45) is 3.02. The Morgan fingerprint density at radius 1 is 1.70 bits per heavy atom. The smallest absolute Gasteiger partial charge is 0.304 e. The Morgan fingerprint density at radius 2 is 2.30 bits per heavy atom. The van der Waals surface area contributed by atoms with Crippen molar-refractivity contribution >= 4 is 5.97 Å². The maximum absolute atomic E-state index is 10.1. The Balaban J connectivity index is 3.25. The molecule has 0 amide bonds. The van der Waals surface area contributed by atoms with Gasteiger partial charge in [-0.2, -0.15) is 0 Å². The van der Waals surface area contributed by atoms with Crippen molar-refractivity contribution in [3.8, 4) is 0 Å². The van der Waals surface area contributed by atoms with Gasteiger partial charge in [0.25, 0.3) is 0 Å². The van der Waals surface area contributed by atoms with Crippen molar-refractivity contribution in [2.24, 2.45) is 5.73 Å². The Kier molecular flexibility index (Phi) is 4.94. The van der Waals surface area contributed by atoms with Crippen LogP contribution in [-0.2, 0) is 4.79 Å². The number of rotatable bonds is 5. The number of hydrogen-bond donors (Lipinski definition) is 2. The monoisotopic (exact) mass is 145 g/mol. The minimum absolute atomic E-state index is 0.0972. The summed E-state index contributed by atoms with van der Waals surface area (Å²) in [5.74, 6) is -0.802. The molecule has 0 aliphatic heterocycles. The molecule has 0 rings (SSSR count). The summed E-state index contributed by atoms with van der Waals surface area (Å²) in [5.41, 5.74) is 5.48. The Labute approximate surface area is 61.2 Å². The number of carboxylic acid groups (broad SMARTS) is 1. The second-order valence-corrected chi connectivity index (χ2v) is 2.50. The quantitative estimate of drug-likeness (QED) is 0.606. The van der Waals surface area contributed by atoms with Gasteiger partial charge in [-0.25, -0.2) is 0 Å². The molecule has 60 valence electrons. The highest BCUT2D eigenvalue weighted by molar-refractivity contribution is 5.67. The van der Waals surface area contributed by atoms with Gasteiger partial charge in [0.05, 0.1) is 6.42 Å². The molecule has 3 heteroatoms. The molecular formula is C7H15NO2. The highest BCUT2D eigenvalue weighted by Crippen LogP contribution is 2.00. The van der Waals surface area contributed by atoms with E-state index in [4.69, 9.17) is 10.8 Å². The molecule has 0 bridgehead atoms. The van der Waals surface area contributed by atoms with Crippen LogP contribution in [-0.4, -0.2) is 17.1 Å². The van der Waals surface area contributed by atoms with Crippen LogP contribution in [0.3, 0.4) is 0 Å². The van der Waals surface area contributed by atoms with E-state index in [-0.39, 0.29) is 12.5 Å². The molecular weight excluding hydrogens is 130 g/mol. The zero-order valence-corrected chi connectivity index (χ0v) is 6.34. The molecule has 0 aromatic heterocycles. The lowest BCUT2D eigenvalue weighted by Gasteiger charge is -2.05. The van der Waals surface area contributed by atoms with E-state index in [1.165, 1.54) is 0 Å². The highest BCUT2D eigenvalue weighted by Gasteiger charge is 2.05. The van der Waals surface area contributed by atoms with Crippen molar-refractivity contribution in [3.05, 3.63) is 0 Å². The van der Waals surface area contributed by atoms with Gasteiger partial charge in [-0.15, -0.1) is 0 Å². The summed E-state index contributed by atoms with van der Waals surface area (Å²) < 4.78 is 0. The van der Waals surface area contributed by atoms with Gasteiger partial charge in [0, 0.05) is 6.04 Å². The summed E-state index contributed by atoms with van der Waals surface area (Å²) in [6.45, 7) is 2.06. The summed E-state index contributed by atoms with van der Waals surface area (Å²) in [5, 5.41) is 8.30. The SMILES string of the molecule is CCCCC(N)CC(=O)O. The van der Waals surface area contributed by atoms with Crippen molar-refractivity contribution in [1.29, 1.82) is 0 Å². The summed E-state index contributed by atoms with van der Waals surface area (Å²) >= 11 is 0. The second kappa shape index (κ2) is 5.23. The first kappa shape index (κ1) is 9.43. The van der Waals surface area contributed by atoms with Gasteiger partial charge >= 0.3 is 5.97 Å². The first-order valence-electron chi connectivity index (χ1n) is 3.64. The van der Waals surface area contributed by atoms with Gasteiger partial charge in [-0.3, -0.25) is 4.79 Å². The van der Waals surface area contributed by atoms with E-state index in [9.17, 15) is 4.79 Å². The van der Waals surface area contributed by atoms with Crippen molar-refractivity contribution in [1.82, 2.24) is 0 Å². The number of unbranched alkanes of at least 4 members (excludes halogenated alkanes) is 1. The van der Waals surface area contributed by atoms with E-state index < -0.39 is 5.97 Å². The van der Waals surface area contributed by atoms with E-state index in [1.807, 2.05) is 0 Å². The first-order valence-corrected chi connectivity index (χ1v) is 3.64. The fourth-order valence-electron chi connectivity index (χ4n) is 0.793. The van der Waals surface area contributed by atoms with Gasteiger partial charge in [-0.05, 0) is 6.42 Å². The molecule has 1 atom stereocenters. The van der Waals surface area contributed by atoms with Crippen LogP contribution in [0.4, 0.5) is 0 Å². The lowest BCUT2D eigenvalue weighted by atomic mass is 10.1. The molecule has 0 aromatic carbocycles. The number of hydrogen-bond acceptors (Lipinski definition) is 2. The molecule has 1 unspecified atom stereocenters. The molecule has 0 spiro atoms. The average Bonchev–Trinajstić information content (AvgIpc) is 1.82. The predicted molar refractivity (Wildman–Crippen MR) is 39.8 cm³/mol. The van der Waals surface area contributed by atoms with E-state index >= 15 is 0 Å². The molecule has 0 aliphatic rings. The minimum Gasteiger partial charge on any atom is -0.481 e. The molecule has 3 nitrogen and oxygen atoms in total. The highest BCUT2D eigenvalue weighted by atomic mass is 16.4. The van der Waals surface area contributed by atoms with E-state index in [2.05, 4.69) is 6.92 Å². The van der Waals surface area contributed by atoms with E-state index in [0.29, 0.717) is 0 Å². The van der Waals surface area contributed by atoms with Gasteiger partial charge in [0.15, 0.2) is 0 Å². The Hall–Kier alpha value is -0.570. The Morgan fingerprint density at radius 3 is 2.70 bits per heavy atom. The zero-order chi connectivity index (χ0) is 7.98. The lowest BCUT2D eigenvalue weighted by Crippen LogP contribution is -2.23. The molecule has 0 aliphatic carbocycles. The maximum atomic E-state index is 10.1. The molecule has 0 saturated carbocycles. The van der Waals surface area contributed by atoms with Crippen molar-refractivity contribution in [2.75, 3.05) is 0 Å². The number of carbonyl (C=O) groups is 1. The fourth-order valence-corrected chi connectivity index (χ4v) is 0.793. The van der Waals surface area contributed by atoms with Crippen LogP contribution in [0.25, 0.3) is 0 Å². The van der Waals surface area contributed by atoms with Crippen LogP contribution in [0.5, 0.6) is 0 Å². The first-order chi connectivity index (χ1) is 4.66. The maximum Gasteiger partial charge on any atom is 0.304 e. The fraction of sp³-hybridized carbons (Fsp3) is 0.857. The summed E-state index contributed by atoms with van der Waals surface area (Å²) in [7, 11) is 0.